The molecule has 0 aromatic heterocycles. The number of nitrogens with two attached hydrogens (primary N) is 1. The van der Waals surface area contributed by atoms with Gasteiger partial charge in [0, 0.05) is 19.1 Å². The minimum absolute atomic E-state index is 0.818. The fraction of sp³-hybridized carbons (Fsp3) is 1.00. The molecule has 1 saturated carbocycles. The summed E-state index contributed by atoms with van der Waals surface area (Å²) < 4.78 is 0. The summed E-state index contributed by atoms with van der Waals surface area (Å²) >= 11 is 0. The van der Waals surface area contributed by atoms with Crippen LogP contribution in [0, 0.1) is 5.92 Å². The summed E-state index contributed by atoms with van der Waals surface area (Å²) in [6.07, 6.45) is 8.36. The number of nitrogens with zero attached hydrogens (tertiary/aromatic N) is 1. The molecule has 0 atom stereocenters. The van der Waals surface area contributed by atoms with Gasteiger partial charge in [-0.25, -0.2) is 0 Å². The molecule has 2 nitrogen and oxygen atoms in total. The molecule has 0 heterocycles. The molecule has 0 saturated heterocycles. The van der Waals surface area contributed by atoms with Gasteiger partial charge in [-0.3, -0.25) is 4.90 Å². The molecule has 2 heteroatoms. The summed E-state index contributed by atoms with van der Waals surface area (Å²) in [6.45, 7) is 7.80. The van der Waals surface area contributed by atoms with Gasteiger partial charge in [0.05, 0.1) is 0 Å². The molecule has 1 aliphatic rings. The van der Waals surface area contributed by atoms with E-state index in [9.17, 15) is 0 Å². The molecule has 1 aliphatic carbocycles. The Hall–Kier alpha value is -0.0800. The van der Waals surface area contributed by atoms with E-state index in [2.05, 4.69) is 18.7 Å². The second kappa shape index (κ2) is 7.24. The monoisotopic (exact) mass is 212 g/mol. The van der Waals surface area contributed by atoms with Crippen molar-refractivity contribution >= 4 is 0 Å². The topological polar surface area (TPSA) is 29.3 Å². The van der Waals surface area contributed by atoms with Crippen LogP contribution in [-0.2, 0) is 0 Å². The van der Waals surface area contributed by atoms with Crippen LogP contribution >= 0.6 is 0 Å². The minimum Gasteiger partial charge on any atom is -0.329 e. The van der Waals surface area contributed by atoms with Crippen LogP contribution in [0.15, 0.2) is 0 Å². The first kappa shape index (κ1) is 13.0. The lowest BCUT2D eigenvalue weighted by molar-refractivity contribution is 0.197. The maximum atomic E-state index is 5.69. The average Bonchev–Trinajstić information content (AvgIpc) is 2.68. The van der Waals surface area contributed by atoms with E-state index >= 15 is 0 Å². The van der Waals surface area contributed by atoms with E-state index in [4.69, 9.17) is 5.73 Å². The predicted molar refractivity (Wildman–Crippen MR) is 67.0 cm³/mol. The van der Waals surface area contributed by atoms with Gasteiger partial charge < -0.3 is 5.73 Å². The van der Waals surface area contributed by atoms with Gasteiger partial charge in [-0.05, 0) is 38.1 Å². The molecule has 2 N–H and O–H groups in total. The van der Waals surface area contributed by atoms with Crippen molar-refractivity contribution in [2.24, 2.45) is 11.7 Å². The SMILES string of the molecule is CC(C)CCCN(CCN)C1CCCC1. The van der Waals surface area contributed by atoms with Gasteiger partial charge in [0.2, 0.25) is 0 Å². The van der Waals surface area contributed by atoms with Gasteiger partial charge in [-0.1, -0.05) is 26.7 Å². The van der Waals surface area contributed by atoms with Crippen molar-refractivity contribution in [1.82, 2.24) is 4.90 Å². The Labute approximate surface area is 95.2 Å². The summed E-state index contributed by atoms with van der Waals surface area (Å²) in [5, 5.41) is 0. The van der Waals surface area contributed by atoms with Gasteiger partial charge in [0.15, 0.2) is 0 Å². The first-order chi connectivity index (χ1) is 7.24. The zero-order chi connectivity index (χ0) is 11.1. The van der Waals surface area contributed by atoms with E-state index < -0.39 is 0 Å². The van der Waals surface area contributed by atoms with Crippen molar-refractivity contribution in [3.8, 4) is 0 Å². The largest absolute Gasteiger partial charge is 0.329 e. The molecule has 0 spiro atoms. The average molecular weight is 212 g/mol. The Morgan fingerprint density at radius 2 is 1.87 bits per heavy atom. The maximum absolute atomic E-state index is 5.69. The van der Waals surface area contributed by atoms with Crippen molar-refractivity contribution in [2.75, 3.05) is 19.6 Å². The highest BCUT2D eigenvalue weighted by molar-refractivity contribution is 4.77. The van der Waals surface area contributed by atoms with E-state index in [0.29, 0.717) is 0 Å². The Bertz CT molecular complexity index is 151. The number of rotatable bonds is 7. The summed E-state index contributed by atoms with van der Waals surface area (Å²) in [6, 6.07) is 0.848. The highest BCUT2D eigenvalue weighted by atomic mass is 15.2. The molecule has 1 fully saturated rings. The van der Waals surface area contributed by atoms with E-state index in [1.54, 1.807) is 0 Å². The molecule has 0 unspecified atom stereocenters. The van der Waals surface area contributed by atoms with Crippen molar-refractivity contribution in [3.05, 3.63) is 0 Å². The molecule has 15 heavy (non-hydrogen) atoms. The fourth-order valence-corrected chi connectivity index (χ4v) is 2.61. The molecule has 0 aromatic carbocycles. The van der Waals surface area contributed by atoms with Gasteiger partial charge in [0.25, 0.3) is 0 Å². The maximum Gasteiger partial charge on any atom is 0.0108 e. The predicted octanol–water partition coefficient (Wildman–Crippen LogP) is 2.63. The Balaban J connectivity index is 2.23. The van der Waals surface area contributed by atoms with Crippen LogP contribution in [0.1, 0.15) is 52.4 Å². The van der Waals surface area contributed by atoms with E-state index in [1.807, 2.05) is 0 Å². The van der Waals surface area contributed by atoms with Crippen molar-refractivity contribution < 1.29 is 0 Å². The molecule has 0 aliphatic heterocycles. The minimum atomic E-state index is 0.818. The Morgan fingerprint density at radius 1 is 1.20 bits per heavy atom. The van der Waals surface area contributed by atoms with Crippen LogP contribution in [-0.4, -0.2) is 30.6 Å². The lowest BCUT2D eigenvalue weighted by atomic mass is 10.1. The standard InChI is InChI=1S/C13H28N2/c1-12(2)6-5-10-15(11-9-14)13-7-3-4-8-13/h12-13H,3-11,14H2,1-2H3. The van der Waals surface area contributed by atoms with Gasteiger partial charge >= 0.3 is 0 Å². The molecule has 90 valence electrons. The highest BCUT2D eigenvalue weighted by Gasteiger charge is 2.21. The van der Waals surface area contributed by atoms with E-state index in [1.165, 1.54) is 45.1 Å². The van der Waals surface area contributed by atoms with Crippen LogP contribution < -0.4 is 5.73 Å². The van der Waals surface area contributed by atoms with Gasteiger partial charge in [-0.2, -0.15) is 0 Å². The van der Waals surface area contributed by atoms with Crippen LogP contribution in [0.25, 0.3) is 0 Å². The van der Waals surface area contributed by atoms with Crippen molar-refractivity contribution in [2.45, 2.75) is 58.4 Å². The molecular weight excluding hydrogens is 184 g/mol. The highest BCUT2D eigenvalue weighted by Crippen LogP contribution is 2.23. The second-order valence-corrected chi connectivity index (χ2v) is 5.30. The van der Waals surface area contributed by atoms with Crippen LogP contribution in [0.4, 0.5) is 0 Å². The third-order valence-corrected chi connectivity index (χ3v) is 3.48. The van der Waals surface area contributed by atoms with Crippen LogP contribution in [0.5, 0.6) is 0 Å². The van der Waals surface area contributed by atoms with E-state index in [-0.39, 0.29) is 0 Å². The molecule has 0 aromatic rings. The van der Waals surface area contributed by atoms with Gasteiger partial charge in [0.1, 0.15) is 0 Å². The second-order valence-electron chi connectivity index (χ2n) is 5.30. The van der Waals surface area contributed by atoms with Crippen LogP contribution in [0.3, 0.4) is 0 Å². The summed E-state index contributed by atoms with van der Waals surface area (Å²) in [5.74, 6) is 0.841. The molecule has 0 radical (unpaired) electrons. The Kier molecular flexibility index (Phi) is 6.26. The fourth-order valence-electron chi connectivity index (χ4n) is 2.61. The first-order valence-corrected chi connectivity index (χ1v) is 6.68. The third kappa shape index (κ3) is 4.98. The Morgan fingerprint density at radius 3 is 2.40 bits per heavy atom. The zero-order valence-corrected chi connectivity index (χ0v) is 10.5. The smallest absolute Gasteiger partial charge is 0.0108 e. The van der Waals surface area contributed by atoms with E-state index in [0.717, 1.165) is 25.0 Å². The lowest BCUT2D eigenvalue weighted by Gasteiger charge is -2.28. The normalized spacial score (nSPS) is 18.2. The van der Waals surface area contributed by atoms with Gasteiger partial charge in [-0.15, -0.1) is 0 Å². The summed E-state index contributed by atoms with van der Waals surface area (Å²) in [5.41, 5.74) is 5.69. The first-order valence-electron chi connectivity index (χ1n) is 6.68. The van der Waals surface area contributed by atoms with Crippen LogP contribution in [0.2, 0.25) is 0 Å². The molecule has 0 bridgehead atoms. The number of hydrogen-bond donors (Lipinski definition) is 1. The lowest BCUT2D eigenvalue weighted by Crippen LogP contribution is -2.38. The van der Waals surface area contributed by atoms with Crippen molar-refractivity contribution in [1.29, 1.82) is 0 Å². The quantitative estimate of drug-likeness (QED) is 0.703. The molecule has 0 amide bonds. The zero-order valence-electron chi connectivity index (χ0n) is 10.5. The molecular formula is C13H28N2. The summed E-state index contributed by atoms with van der Waals surface area (Å²) in [4.78, 5) is 2.63. The third-order valence-electron chi connectivity index (χ3n) is 3.48. The van der Waals surface area contributed by atoms with Crippen molar-refractivity contribution in [3.63, 3.8) is 0 Å². The summed E-state index contributed by atoms with van der Waals surface area (Å²) in [7, 11) is 0. The molecule has 1 rings (SSSR count). The number of hydrogen-bond acceptors (Lipinski definition) is 2.